The molecule has 7 nitrogen and oxygen atoms in total. The molecule has 1 saturated heterocycles. The molecule has 1 aliphatic rings. The van der Waals surface area contributed by atoms with Crippen molar-refractivity contribution in [1.82, 2.24) is 4.90 Å². The third-order valence-corrected chi connectivity index (χ3v) is 6.63. The summed E-state index contributed by atoms with van der Waals surface area (Å²) in [5.41, 5.74) is 1.69. The van der Waals surface area contributed by atoms with Crippen molar-refractivity contribution in [2.75, 3.05) is 19.0 Å². The molecule has 0 radical (unpaired) electrons. The van der Waals surface area contributed by atoms with Crippen molar-refractivity contribution in [3.63, 3.8) is 0 Å². The van der Waals surface area contributed by atoms with Gasteiger partial charge in [-0.3, -0.25) is 19.3 Å². The summed E-state index contributed by atoms with van der Waals surface area (Å²) in [5.74, 6) is -0.632. The van der Waals surface area contributed by atoms with Gasteiger partial charge in [-0.1, -0.05) is 35.3 Å². The van der Waals surface area contributed by atoms with E-state index >= 15 is 0 Å². The van der Waals surface area contributed by atoms with E-state index in [1.54, 1.807) is 36.4 Å². The van der Waals surface area contributed by atoms with E-state index in [-0.39, 0.29) is 33.1 Å². The summed E-state index contributed by atoms with van der Waals surface area (Å²) < 4.78 is 23.8. The molecule has 0 aliphatic carbocycles. The summed E-state index contributed by atoms with van der Waals surface area (Å²) in [6.45, 7) is -0.317. The van der Waals surface area contributed by atoms with Gasteiger partial charge in [-0.25, -0.2) is 4.39 Å². The molecule has 0 unspecified atom stereocenters. The van der Waals surface area contributed by atoms with Crippen molar-refractivity contribution in [2.45, 2.75) is 6.61 Å². The molecule has 3 amide bonds. The average Bonchev–Trinajstić information content (AvgIpc) is 3.12. The number of anilines is 1. The highest BCUT2D eigenvalue weighted by Crippen LogP contribution is 2.37. The Morgan fingerprint density at radius 1 is 1.05 bits per heavy atom. The van der Waals surface area contributed by atoms with Gasteiger partial charge in [0.25, 0.3) is 11.1 Å². The standard InChI is InChI=1S/C26H19Cl2FN2O5S/c1-35-19-8-6-18(7-9-19)30-23(32)13-31-25(33)22(37-26(31)34)12-16-10-20(27)24(21(28)11-16)36-14-15-2-4-17(29)5-3-15/h2-12H,13-14H2,1H3,(H,30,32)/b22-12+. The fourth-order valence-corrected chi connectivity index (χ4v) is 4.79. The second kappa shape index (κ2) is 11.7. The van der Waals surface area contributed by atoms with Gasteiger partial charge in [-0.15, -0.1) is 0 Å². The Bertz CT molecular complexity index is 1360. The Morgan fingerprint density at radius 2 is 1.70 bits per heavy atom. The molecular weight excluding hydrogens is 542 g/mol. The van der Waals surface area contributed by atoms with Crippen molar-refractivity contribution in [2.24, 2.45) is 0 Å². The summed E-state index contributed by atoms with van der Waals surface area (Å²) in [6.07, 6.45) is 1.47. The fraction of sp³-hybridized carbons (Fsp3) is 0.115. The van der Waals surface area contributed by atoms with Gasteiger partial charge in [0.05, 0.1) is 22.1 Å². The van der Waals surface area contributed by atoms with E-state index in [0.29, 0.717) is 28.8 Å². The first kappa shape index (κ1) is 26.5. The Labute approximate surface area is 226 Å². The maximum atomic E-state index is 13.1. The number of carbonyl (C=O) groups is 3. The van der Waals surface area contributed by atoms with E-state index in [0.717, 1.165) is 10.5 Å². The minimum absolute atomic E-state index is 0.120. The molecule has 0 bridgehead atoms. The first-order valence-electron chi connectivity index (χ1n) is 10.8. The Kier molecular flexibility index (Phi) is 8.38. The lowest BCUT2D eigenvalue weighted by atomic mass is 10.2. The number of hydrogen-bond acceptors (Lipinski definition) is 6. The SMILES string of the molecule is COc1ccc(NC(=O)CN2C(=O)S/C(=C/c3cc(Cl)c(OCc4ccc(F)cc4)c(Cl)c3)C2=O)cc1. The number of nitrogens with one attached hydrogen (secondary N) is 1. The number of rotatable bonds is 8. The molecule has 1 N–H and O–H groups in total. The first-order chi connectivity index (χ1) is 17.7. The van der Waals surface area contributed by atoms with Crippen molar-refractivity contribution in [3.8, 4) is 11.5 Å². The predicted octanol–water partition coefficient (Wildman–Crippen LogP) is 6.40. The van der Waals surface area contributed by atoms with Crippen LogP contribution in [0.5, 0.6) is 11.5 Å². The predicted molar refractivity (Wildman–Crippen MR) is 141 cm³/mol. The average molecular weight is 561 g/mol. The molecule has 0 aromatic heterocycles. The van der Waals surface area contributed by atoms with E-state index in [1.807, 2.05) is 0 Å². The van der Waals surface area contributed by atoms with Crippen LogP contribution >= 0.6 is 35.0 Å². The minimum atomic E-state index is -0.608. The number of amides is 3. The smallest absolute Gasteiger partial charge is 0.294 e. The number of carbonyl (C=O) groups excluding carboxylic acids is 3. The lowest BCUT2D eigenvalue weighted by molar-refractivity contribution is -0.127. The molecule has 190 valence electrons. The molecule has 3 aromatic carbocycles. The second-order valence-corrected chi connectivity index (χ2v) is 9.58. The van der Waals surface area contributed by atoms with Crippen LogP contribution in [0, 0.1) is 5.82 Å². The van der Waals surface area contributed by atoms with Gasteiger partial charge in [0.15, 0.2) is 5.75 Å². The van der Waals surface area contributed by atoms with Gasteiger partial charge in [-0.2, -0.15) is 0 Å². The Morgan fingerprint density at radius 3 is 2.32 bits per heavy atom. The maximum Gasteiger partial charge on any atom is 0.294 e. The summed E-state index contributed by atoms with van der Waals surface area (Å²) in [4.78, 5) is 38.6. The minimum Gasteiger partial charge on any atom is -0.497 e. The molecule has 1 heterocycles. The largest absolute Gasteiger partial charge is 0.497 e. The maximum absolute atomic E-state index is 13.1. The zero-order chi connectivity index (χ0) is 26.5. The molecule has 1 aliphatic heterocycles. The van der Waals surface area contributed by atoms with Crippen LogP contribution < -0.4 is 14.8 Å². The van der Waals surface area contributed by atoms with E-state index in [4.69, 9.17) is 32.7 Å². The van der Waals surface area contributed by atoms with E-state index < -0.39 is 23.6 Å². The summed E-state index contributed by atoms with van der Waals surface area (Å²) in [7, 11) is 1.53. The van der Waals surface area contributed by atoms with Crippen molar-refractivity contribution < 1.29 is 28.2 Å². The summed E-state index contributed by atoms with van der Waals surface area (Å²) in [6, 6.07) is 15.5. The van der Waals surface area contributed by atoms with Crippen LogP contribution in [-0.2, 0) is 16.2 Å². The molecule has 3 aromatic rings. The van der Waals surface area contributed by atoms with Crippen LogP contribution in [0.4, 0.5) is 14.9 Å². The summed E-state index contributed by atoms with van der Waals surface area (Å²) >= 11 is 13.4. The number of halogens is 3. The lowest BCUT2D eigenvalue weighted by Crippen LogP contribution is -2.36. The topological polar surface area (TPSA) is 84.9 Å². The molecule has 1 fully saturated rings. The zero-order valence-electron chi connectivity index (χ0n) is 19.3. The van der Waals surface area contributed by atoms with Crippen LogP contribution in [0.3, 0.4) is 0 Å². The lowest BCUT2D eigenvalue weighted by Gasteiger charge is -2.13. The number of hydrogen-bond donors (Lipinski definition) is 1. The quantitative estimate of drug-likeness (QED) is 0.321. The number of thioether (sulfide) groups is 1. The van der Waals surface area contributed by atoms with Gasteiger partial charge >= 0.3 is 0 Å². The zero-order valence-corrected chi connectivity index (χ0v) is 21.6. The number of benzene rings is 3. The van der Waals surface area contributed by atoms with E-state index in [1.165, 1.54) is 37.5 Å². The van der Waals surface area contributed by atoms with Crippen molar-refractivity contribution >= 4 is 63.8 Å². The molecule has 0 atom stereocenters. The number of imide groups is 1. The molecule has 0 spiro atoms. The van der Waals surface area contributed by atoms with Crippen molar-refractivity contribution in [1.29, 1.82) is 0 Å². The van der Waals surface area contributed by atoms with Crippen LogP contribution in [0.1, 0.15) is 11.1 Å². The van der Waals surface area contributed by atoms with Gasteiger partial charge in [0.2, 0.25) is 5.91 Å². The monoisotopic (exact) mass is 560 g/mol. The van der Waals surface area contributed by atoms with Crippen molar-refractivity contribution in [3.05, 3.63) is 92.6 Å². The first-order valence-corrected chi connectivity index (χ1v) is 12.4. The molecule has 4 rings (SSSR count). The Balaban J connectivity index is 1.41. The van der Waals surface area contributed by atoms with Crippen LogP contribution in [0.15, 0.2) is 65.6 Å². The Hall–Kier alpha value is -3.53. The number of nitrogens with zero attached hydrogens (tertiary/aromatic N) is 1. The van der Waals surface area contributed by atoms with Crippen LogP contribution in [0.25, 0.3) is 6.08 Å². The normalized spacial score (nSPS) is 14.3. The van der Waals surface area contributed by atoms with Gasteiger partial charge < -0.3 is 14.8 Å². The third kappa shape index (κ3) is 6.62. The van der Waals surface area contributed by atoms with Gasteiger partial charge in [-0.05, 0) is 77.5 Å². The number of methoxy groups -OCH3 is 1. The molecular formula is C26H19Cl2FN2O5S. The van der Waals surface area contributed by atoms with Gasteiger partial charge in [0, 0.05) is 5.69 Å². The van der Waals surface area contributed by atoms with Crippen LogP contribution in [-0.4, -0.2) is 35.6 Å². The highest BCUT2D eigenvalue weighted by molar-refractivity contribution is 8.18. The van der Waals surface area contributed by atoms with Crippen LogP contribution in [0.2, 0.25) is 10.0 Å². The molecule has 0 saturated carbocycles. The fourth-order valence-electron chi connectivity index (χ4n) is 3.34. The van der Waals surface area contributed by atoms with E-state index in [9.17, 15) is 18.8 Å². The highest BCUT2D eigenvalue weighted by Gasteiger charge is 2.36. The number of ether oxygens (including phenoxy) is 2. The van der Waals surface area contributed by atoms with E-state index in [2.05, 4.69) is 5.32 Å². The second-order valence-electron chi connectivity index (χ2n) is 7.77. The third-order valence-electron chi connectivity index (χ3n) is 5.16. The highest BCUT2D eigenvalue weighted by atomic mass is 35.5. The molecule has 37 heavy (non-hydrogen) atoms. The molecule has 11 heteroatoms. The van der Waals surface area contributed by atoms with Gasteiger partial charge in [0.1, 0.15) is 24.7 Å². The summed E-state index contributed by atoms with van der Waals surface area (Å²) in [5, 5.41) is 2.45.